The van der Waals surface area contributed by atoms with Crippen LogP contribution in [0.15, 0.2) is 36.5 Å². The topological polar surface area (TPSA) is 45.8 Å². The summed E-state index contributed by atoms with van der Waals surface area (Å²) in [5.41, 5.74) is 0.754. The zero-order valence-corrected chi connectivity index (χ0v) is 7.85. The molecule has 0 aliphatic heterocycles. The van der Waals surface area contributed by atoms with E-state index < -0.39 is 6.17 Å². The van der Waals surface area contributed by atoms with Gasteiger partial charge in [-0.2, -0.15) is 0 Å². The van der Waals surface area contributed by atoms with E-state index in [1.807, 2.05) is 6.07 Å². The number of aldehydes is 1. The molecular weight excluding hydrogens is 195 g/mol. The molecule has 0 aliphatic rings. The van der Waals surface area contributed by atoms with Gasteiger partial charge < -0.3 is 4.98 Å². The minimum absolute atomic E-state index is 0.142. The molecule has 1 atom stereocenters. The van der Waals surface area contributed by atoms with Gasteiger partial charge in [-0.25, -0.2) is 9.37 Å². The van der Waals surface area contributed by atoms with Gasteiger partial charge in [-0.1, -0.05) is 30.3 Å². The van der Waals surface area contributed by atoms with E-state index in [-0.39, 0.29) is 11.5 Å². The number of aromatic nitrogens is 2. The molecule has 2 rings (SSSR count). The maximum Gasteiger partial charge on any atom is 0.185 e. The molecule has 1 aromatic carbocycles. The Balaban J connectivity index is 2.28. The SMILES string of the molecule is O=Cc1nc(C(F)c2ccccc2)c[nH]1. The number of imidazole rings is 1. The number of hydrogen-bond acceptors (Lipinski definition) is 2. The first kappa shape index (κ1) is 9.58. The molecular formula is C11H9FN2O. The predicted molar refractivity (Wildman–Crippen MR) is 53.4 cm³/mol. The van der Waals surface area contributed by atoms with Gasteiger partial charge in [0.2, 0.25) is 0 Å². The molecule has 0 spiro atoms. The molecule has 0 bridgehead atoms. The molecule has 76 valence electrons. The largest absolute Gasteiger partial charge is 0.342 e. The fourth-order valence-corrected chi connectivity index (χ4v) is 1.33. The van der Waals surface area contributed by atoms with Crippen molar-refractivity contribution in [2.45, 2.75) is 6.17 Å². The molecule has 1 unspecified atom stereocenters. The first-order valence-electron chi connectivity index (χ1n) is 4.51. The third-order valence-corrected chi connectivity index (χ3v) is 2.08. The van der Waals surface area contributed by atoms with Gasteiger partial charge in [0.1, 0.15) is 0 Å². The van der Waals surface area contributed by atoms with Gasteiger partial charge in [0, 0.05) is 6.20 Å². The van der Waals surface area contributed by atoms with Crippen molar-refractivity contribution in [3.05, 3.63) is 53.6 Å². The molecule has 2 aromatic rings. The molecule has 0 saturated carbocycles. The van der Waals surface area contributed by atoms with Crippen molar-refractivity contribution < 1.29 is 9.18 Å². The number of aromatic amines is 1. The predicted octanol–water partition coefficient (Wildman–Crippen LogP) is 2.28. The number of nitrogens with zero attached hydrogens (tertiary/aromatic N) is 1. The smallest absolute Gasteiger partial charge is 0.185 e. The van der Waals surface area contributed by atoms with Crippen LogP contribution in [-0.4, -0.2) is 16.3 Å². The van der Waals surface area contributed by atoms with Crippen molar-refractivity contribution in [1.29, 1.82) is 0 Å². The normalized spacial score (nSPS) is 12.3. The minimum Gasteiger partial charge on any atom is -0.342 e. The zero-order valence-electron chi connectivity index (χ0n) is 7.85. The molecule has 0 fully saturated rings. The standard InChI is InChI=1S/C11H9FN2O/c12-11(8-4-2-1-3-5-8)9-6-13-10(7-15)14-9/h1-7,11H,(H,13,14). The molecule has 1 N–H and O–H groups in total. The average Bonchev–Trinajstić information content (AvgIpc) is 2.78. The maximum atomic E-state index is 13.8. The van der Waals surface area contributed by atoms with Crippen LogP contribution in [0, 0.1) is 0 Å². The Morgan fingerprint density at radius 3 is 2.67 bits per heavy atom. The number of rotatable bonds is 3. The van der Waals surface area contributed by atoms with Gasteiger partial charge in [-0.05, 0) is 5.56 Å². The Morgan fingerprint density at radius 2 is 2.07 bits per heavy atom. The second-order valence-electron chi connectivity index (χ2n) is 3.10. The summed E-state index contributed by atoms with van der Waals surface area (Å²) >= 11 is 0. The van der Waals surface area contributed by atoms with Crippen LogP contribution in [0.25, 0.3) is 0 Å². The van der Waals surface area contributed by atoms with Crippen molar-refractivity contribution in [2.24, 2.45) is 0 Å². The van der Waals surface area contributed by atoms with Crippen LogP contribution >= 0.6 is 0 Å². The van der Waals surface area contributed by atoms with Crippen molar-refractivity contribution in [2.75, 3.05) is 0 Å². The second-order valence-corrected chi connectivity index (χ2v) is 3.10. The van der Waals surface area contributed by atoms with Crippen molar-refractivity contribution in [3.63, 3.8) is 0 Å². The number of benzene rings is 1. The van der Waals surface area contributed by atoms with Crippen LogP contribution in [-0.2, 0) is 0 Å². The molecule has 3 nitrogen and oxygen atoms in total. The number of carbonyl (C=O) groups is 1. The number of hydrogen-bond donors (Lipinski definition) is 1. The fourth-order valence-electron chi connectivity index (χ4n) is 1.33. The Kier molecular flexibility index (Phi) is 2.58. The molecule has 0 aliphatic carbocycles. The van der Waals surface area contributed by atoms with Gasteiger partial charge in [-0.3, -0.25) is 4.79 Å². The van der Waals surface area contributed by atoms with Gasteiger partial charge >= 0.3 is 0 Å². The van der Waals surface area contributed by atoms with E-state index >= 15 is 0 Å². The number of nitrogens with one attached hydrogen (secondary N) is 1. The summed E-state index contributed by atoms with van der Waals surface area (Å²) in [4.78, 5) is 16.8. The highest BCUT2D eigenvalue weighted by molar-refractivity contribution is 5.68. The number of carbonyl (C=O) groups excluding carboxylic acids is 1. The maximum absolute atomic E-state index is 13.8. The quantitative estimate of drug-likeness (QED) is 0.779. The third kappa shape index (κ3) is 1.93. The van der Waals surface area contributed by atoms with E-state index in [1.165, 1.54) is 6.20 Å². The van der Waals surface area contributed by atoms with Crippen LogP contribution in [0.4, 0.5) is 4.39 Å². The Labute approximate surface area is 86.0 Å². The number of alkyl halides is 1. The molecule has 0 amide bonds. The average molecular weight is 204 g/mol. The van der Waals surface area contributed by atoms with E-state index in [1.54, 1.807) is 24.3 Å². The summed E-state index contributed by atoms with van der Waals surface area (Å²) in [6.45, 7) is 0. The molecule has 0 saturated heterocycles. The molecule has 4 heteroatoms. The molecule has 1 heterocycles. The highest BCUT2D eigenvalue weighted by atomic mass is 19.1. The van der Waals surface area contributed by atoms with Crippen molar-refractivity contribution in [1.82, 2.24) is 9.97 Å². The van der Waals surface area contributed by atoms with Crippen molar-refractivity contribution in [3.8, 4) is 0 Å². The lowest BCUT2D eigenvalue weighted by atomic mass is 10.1. The van der Waals surface area contributed by atoms with E-state index in [0.29, 0.717) is 11.8 Å². The highest BCUT2D eigenvalue weighted by Gasteiger charge is 2.15. The highest BCUT2D eigenvalue weighted by Crippen LogP contribution is 2.23. The lowest BCUT2D eigenvalue weighted by Crippen LogP contribution is -1.94. The first-order valence-corrected chi connectivity index (χ1v) is 4.51. The summed E-state index contributed by atoms with van der Waals surface area (Å²) < 4.78 is 13.8. The van der Waals surface area contributed by atoms with Gasteiger partial charge in [0.05, 0.1) is 5.69 Å². The van der Waals surface area contributed by atoms with E-state index in [2.05, 4.69) is 9.97 Å². The second kappa shape index (κ2) is 4.04. The minimum atomic E-state index is -1.30. The third-order valence-electron chi connectivity index (χ3n) is 2.08. The zero-order chi connectivity index (χ0) is 10.7. The summed E-state index contributed by atoms with van der Waals surface area (Å²) in [7, 11) is 0. The van der Waals surface area contributed by atoms with Crippen LogP contribution in [0.1, 0.15) is 28.0 Å². The monoisotopic (exact) mass is 204 g/mol. The molecule has 0 radical (unpaired) electrons. The van der Waals surface area contributed by atoms with Crippen LogP contribution in [0.3, 0.4) is 0 Å². The van der Waals surface area contributed by atoms with E-state index in [0.717, 1.165) is 0 Å². The summed E-state index contributed by atoms with van der Waals surface area (Å²) in [6.07, 6.45) is 0.666. The lowest BCUT2D eigenvalue weighted by molar-refractivity contribution is 0.111. The lowest BCUT2D eigenvalue weighted by Gasteiger charge is -2.03. The Bertz CT molecular complexity index is 453. The van der Waals surface area contributed by atoms with E-state index in [9.17, 15) is 9.18 Å². The van der Waals surface area contributed by atoms with Gasteiger partial charge in [0.25, 0.3) is 0 Å². The van der Waals surface area contributed by atoms with E-state index in [4.69, 9.17) is 0 Å². The van der Waals surface area contributed by atoms with Crippen LogP contribution in [0.2, 0.25) is 0 Å². The van der Waals surface area contributed by atoms with Crippen molar-refractivity contribution >= 4 is 6.29 Å². The molecule has 15 heavy (non-hydrogen) atoms. The number of halogens is 1. The Morgan fingerprint density at radius 1 is 1.33 bits per heavy atom. The number of H-pyrrole nitrogens is 1. The van der Waals surface area contributed by atoms with Gasteiger partial charge in [-0.15, -0.1) is 0 Å². The van der Waals surface area contributed by atoms with Crippen LogP contribution < -0.4 is 0 Å². The summed E-state index contributed by atoms with van der Waals surface area (Å²) in [5, 5.41) is 0. The van der Waals surface area contributed by atoms with Crippen LogP contribution in [0.5, 0.6) is 0 Å². The fraction of sp³-hybridized carbons (Fsp3) is 0.0909. The Hall–Kier alpha value is -1.97. The summed E-state index contributed by atoms with van der Waals surface area (Å²) in [6, 6.07) is 8.70. The first-order chi connectivity index (χ1) is 7.31. The summed E-state index contributed by atoms with van der Waals surface area (Å²) in [5.74, 6) is 0.142. The van der Waals surface area contributed by atoms with Gasteiger partial charge in [0.15, 0.2) is 18.3 Å². The molecule has 1 aromatic heterocycles.